The number of hydrogen-bond donors (Lipinski definition) is 0. The molecule has 0 spiro atoms. The molecular formula is C15H17NO5S. The third-order valence-electron chi connectivity index (χ3n) is 3.57. The highest BCUT2D eigenvalue weighted by Gasteiger charge is 2.34. The van der Waals surface area contributed by atoms with Crippen LogP contribution < -0.4 is 9.47 Å². The summed E-state index contributed by atoms with van der Waals surface area (Å²) in [6.07, 6.45) is 0. The van der Waals surface area contributed by atoms with Crippen molar-refractivity contribution in [2.45, 2.75) is 13.0 Å². The second-order valence-corrected chi connectivity index (χ2v) is 6.06. The van der Waals surface area contributed by atoms with E-state index in [-0.39, 0.29) is 18.7 Å². The molecule has 1 aromatic rings. The van der Waals surface area contributed by atoms with Crippen molar-refractivity contribution in [3.8, 4) is 11.5 Å². The molecule has 1 aromatic carbocycles. The highest BCUT2D eigenvalue weighted by molar-refractivity contribution is 7.99. The Hall–Kier alpha value is -1.89. The number of amides is 1. The van der Waals surface area contributed by atoms with E-state index in [1.807, 2.05) is 0 Å². The van der Waals surface area contributed by atoms with Crippen molar-refractivity contribution in [3.05, 3.63) is 23.8 Å². The summed E-state index contributed by atoms with van der Waals surface area (Å²) in [6, 6.07) is 4.54. The summed E-state index contributed by atoms with van der Waals surface area (Å²) in [5.74, 6) is 2.04. The monoisotopic (exact) mass is 323 g/mol. The minimum absolute atomic E-state index is 0.165. The number of carbonyl (C=O) groups excluding carboxylic acids is 2. The lowest BCUT2D eigenvalue weighted by atomic mass is 10.1. The Morgan fingerprint density at radius 1 is 1.36 bits per heavy atom. The SMILES string of the molecule is CCOC(=O)[C@H]1CSCCN1C(=O)c1ccc2c(c1)OCO2. The first kappa shape index (κ1) is 15.0. The molecule has 3 rings (SSSR count). The van der Waals surface area contributed by atoms with E-state index < -0.39 is 6.04 Å². The lowest BCUT2D eigenvalue weighted by Crippen LogP contribution is -2.51. The highest BCUT2D eigenvalue weighted by Crippen LogP contribution is 2.33. The molecule has 0 saturated carbocycles. The van der Waals surface area contributed by atoms with Crippen LogP contribution in [0.15, 0.2) is 18.2 Å². The fourth-order valence-corrected chi connectivity index (χ4v) is 3.51. The van der Waals surface area contributed by atoms with Crippen LogP contribution in [0, 0.1) is 0 Å². The van der Waals surface area contributed by atoms with Gasteiger partial charge in [0, 0.05) is 23.6 Å². The molecule has 0 N–H and O–H groups in total. The molecule has 1 saturated heterocycles. The van der Waals surface area contributed by atoms with Gasteiger partial charge in [-0.1, -0.05) is 0 Å². The van der Waals surface area contributed by atoms with Crippen LogP contribution in [0.5, 0.6) is 11.5 Å². The Morgan fingerprint density at radius 3 is 3.00 bits per heavy atom. The number of esters is 1. The molecule has 1 amide bonds. The largest absolute Gasteiger partial charge is 0.464 e. The number of thioether (sulfide) groups is 1. The van der Waals surface area contributed by atoms with Crippen LogP contribution in [0.25, 0.3) is 0 Å². The van der Waals surface area contributed by atoms with Crippen molar-refractivity contribution in [3.63, 3.8) is 0 Å². The maximum atomic E-state index is 12.7. The molecular weight excluding hydrogens is 306 g/mol. The quantitative estimate of drug-likeness (QED) is 0.786. The van der Waals surface area contributed by atoms with Crippen molar-refractivity contribution in [2.24, 2.45) is 0 Å². The van der Waals surface area contributed by atoms with Gasteiger partial charge >= 0.3 is 5.97 Å². The lowest BCUT2D eigenvalue weighted by molar-refractivity contribution is -0.147. The van der Waals surface area contributed by atoms with Gasteiger partial charge in [-0.2, -0.15) is 11.8 Å². The Bertz CT molecular complexity index is 591. The molecule has 0 unspecified atom stereocenters. The van der Waals surface area contributed by atoms with Crippen molar-refractivity contribution in [1.82, 2.24) is 4.90 Å². The van der Waals surface area contributed by atoms with Crippen LogP contribution in [-0.4, -0.2) is 54.3 Å². The van der Waals surface area contributed by atoms with Gasteiger partial charge in [-0.3, -0.25) is 4.79 Å². The number of fused-ring (bicyclic) bond motifs is 1. The molecule has 2 heterocycles. The van der Waals surface area contributed by atoms with Gasteiger partial charge in [0.05, 0.1) is 6.61 Å². The summed E-state index contributed by atoms with van der Waals surface area (Å²) >= 11 is 1.65. The second-order valence-electron chi connectivity index (χ2n) is 4.91. The van der Waals surface area contributed by atoms with Crippen LogP contribution in [0.2, 0.25) is 0 Å². The van der Waals surface area contributed by atoms with Crippen LogP contribution in [0.3, 0.4) is 0 Å². The zero-order valence-corrected chi connectivity index (χ0v) is 13.1. The zero-order valence-electron chi connectivity index (χ0n) is 12.2. The van der Waals surface area contributed by atoms with Gasteiger partial charge < -0.3 is 19.1 Å². The van der Waals surface area contributed by atoms with Gasteiger partial charge in [-0.05, 0) is 25.1 Å². The number of carbonyl (C=O) groups is 2. The average molecular weight is 323 g/mol. The van der Waals surface area contributed by atoms with E-state index in [0.717, 1.165) is 5.75 Å². The Morgan fingerprint density at radius 2 is 2.18 bits per heavy atom. The first-order valence-electron chi connectivity index (χ1n) is 7.15. The average Bonchev–Trinajstić information content (AvgIpc) is 3.02. The topological polar surface area (TPSA) is 65.1 Å². The Kier molecular flexibility index (Phi) is 4.42. The molecule has 1 fully saturated rings. The number of rotatable bonds is 3. The third kappa shape index (κ3) is 2.85. The summed E-state index contributed by atoms with van der Waals surface area (Å²) in [6.45, 7) is 2.77. The van der Waals surface area contributed by atoms with Crippen molar-refractivity contribution < 1.29 is 23.8 Å². The molecule has 2 aliphatic heterocycles. The molecule has 1 atom stereocenters. The van der Waals surface area contributed by atoms with Gasteiger partial charge in [0.25, 0.3) is 5.91 Å². The number of ether oxygens (including phenoxy) is 3. The lowest BCUT2D eigenvalue weighted by Gasteiger charge is -2.33. The van der Waals surface area contributed by atoms with Crippen molar-refractivity contribution in [2.75, 3.05) is 31.5 Å². The molecule has 0 radical (unpaired) electrons. The molecule has 118 valence electrons. The maximum absolute atomic E-state index is 12.7. The number of hydrogen-bond acceptors (Lipinski definition) is 6. The van der Waals surface area contributed by atoms with E-state index in [4.69, 9.17) is 14.2 Å². The standard InChI is InChI=1S/C15H17NO5S/c1-2-19-15(18)11-8-22-6-5-16(11)14(17)10-3-4-12-13(7-10)21-9-20-12/h3-4,7,11H,2,5-6,8-9H2,1H3/t11-/m1/s1. The van der Waals surface area contributed by atoms with E-state index in [1.165, 1.54) is 0 Å². The van der Waals surface area contributed by atoms with E-state index in [1.54, 1.807) is 41.8 Å². The fourth-order valence-electron chi connectivity index (χ4n) is 2.48. The summed E-state index contributed by atoms with van der Waals surface area (Å²) in [5, 5.41) is 0. The number of benzene rings is 1. The molecule has 2 aliphatic rings. The smallest absolute Gasteiger partial charge is 0.329 e. The van der Waals surface area contributed by atoms with E-state index in [0.29, 0.717) is 36.0 Å². The van der Waals surface area contributed by atoms with Gasteiger partial charge in [-0.25, -0.2) is 4.79 Å². The minimum atomic E-state index is -0.531. The molecule has 0 aromatic heterocycles. The summed E-state index contributed by atoms with van der Waals surface area (Å²) in [7, 11) is 0. The number of nitrogens with zero attached hydrogens (tertiary/aromatic N) is 1. The molecule has 0 bridgehead atoms. The first-order valence-corrected chi connectivity index (χ1v) is 8.31. The molecule has 0 aliphatic carbocycles. The second kappa shape index (κ2) is 6.48. The summed E-state index contributed by atoms with van der Waals surface area (Å²) < 4.78 is 15.6. The normalized spacial score (nSPS) is 19.9. The van der Waals surface area contributed by atoms with Crippen LogP contribution in [-0.2, 0) is 9.53 Å². The third-order valence-corrected chi connectivity index (χ3v) is 4.59. The minimum Gasteiger partial charge on any atom is -0.464 e. The summed E-state index contributed by atoms with van der Waals surface area (Å²) in [4.78, 5) is 26.4. The predicted molar refractivity (Wildman–Crippen MR) is 81.3 cm³/mol. The molecule has 22 heavy (non-hydrogen) atoms. The van der Waals surface area contributed by atoms with E-state index >= 15 is 0 Å². The highest BCUT2D eigenvalue weighted by atomic mass is 32.2. The molecule has 6 nitrogen and oxygen atoms in total. The van der Waals surface area contributed by atoms with Crippen molar-refractivity contribution >= 4 is 23.6 Å². The predicted octanol–water partition coefficient (Wildman–Crippen LogP) is 1.54. The fraction of sp³-hybridized carbons (Fsp3) is 0.467. The Labute approximate surface area is 132 Å². The van der Waals surface area contributed by atoms with E-state index in [2.05, 4.69) is 0 Å². The van der Waals surface area contributed by atoms with Crippen molar-refractivity contribution in [1.29, 1.82) is 0 Å². The van der Waals surface area contributed by atoms with Crippen LogP contribution in [0.1, 0.15) is 17.3 Å². The van der Waals surface area contributed by atoms with Gasteiger partial charge in [0.2, 0.25) is 6.79 Å². The zero-order chi connectivity index (χ0) is 15.5. The first-order chi connectivity index (χ1) is 10.7. The van der Waals surface area contributed by atoms with Gasteiger partial charge in [0.15, 0.2) is 11.5 Å². The van der Waals surface area contributed by atoms with Gasteiger partial charge in [0.1, 0.15) is 6.04 Å². The van der Waals surface area contributed by atoms with Gasteiger partial charge in [-0.15, -0.1) is 0 Å². The van der Waals surface area contributed by atoms with Crippen LogP contribution in [0.4, 0.5) is 0 Å². The maximum Gasteiger partial charge on any atom is 0.329 e. The Balaban J connectivity index is 1.81. The summed E-state index contributed by atoms with van der Waals surface area (Å²) in [5.41, 5.74) is 0.491. The molecule has 7 heteroatoms. The van der Waals surface area contributed by atoms with E-state index in [9.17, 15) is 9.59 Å². The van der Waals surface area contributed by atoms with Crippen LogP contribution >= 0.6 is 11.8 Å².